The van der Waals surface area contributed by atoms with Crippen LogP contribution in [0.1, 0.15) is 12.8 Å². The minimum atomic E-state index is 0.144. The van der Waals surface area contributed by atoms with Crippen molar-refractivity contribution in [3.63, 3.8) is 0 Å². The fourth-order valence-corrected chi connectivity index (χ4v) is 0.577. The average Bonchev–Trinajstić information content (AvgIpc) is 1.97. The van der Waals surface area contributed by atoms with Gasteiger partial charge in [-0.15, -0.1) is 0 Å². The summed E-state index contributed by atoms with van der Waals surface area (Å²) in [4.78, 5) is 0. The van der Waals surface area contributed by atoms with Crippen molar-refractivity contribution in [1.82, 2.24) is 0 Å². The maximum atomic E-state index is 8.35. The molecule has 0 bridgehead atoms. The Balaban J connectivity index is 3.11. The number of hydrogen-bond donors (Lipinski definition) is 1. The van der Waals surface area contributed by atoms with Crippen LogP contribution >= 0.6 is 0 Å². The molecule has 1 heteroatoms. The zero-order valence-corrected chi connectivity index (χ0v) is 6.16. The van der Waals surface area contributed by atoms with Crippen molar-refractivity contribution in [2.24, 2.45) is 0 Å². The number of allylic oxidation sites excluding steroid dienone is 4. The van der Waals surface area contributed by atoms with Gasteiger partial charge in [-0.25, -0.2) is 0 Å². The van der Waals surface area contributed by atoms with E-state index in [0.717, 1.165) is 12.8 Å². The van der Waals surface area contributed by atoms with Crippen LogP contribution < -0.4 is 0 Å². The molecular formula is C9H14O. The molecule has 10 heavy (non-hydrogen) atoms. The fraction of sp³-hybridized carbons (Fsp3) is 0.333. The largest absolute Gasteiger partial charge is 0.392 e. The van der Waals surface area contributed by atoms with E-state index in [1.54, 1.807) is 12.2 Å². The summed E-state index contributed by atoms with van der Waals surface area (Å²) in [6.45, 7) is 3.69. The first-order chi connectivity index (χ1) is 4.91. The van der Waals surface area contributed by atoms with Crippen molar-refractivity contribution in [3.8, 4) is 0 Å². The Hall–Kier alpha value is -0.820. The Morgan fingerprint density at radius 2 is 1.80 bits per heavy atom. The van der Waals surface area contributed by atoms with E-state index < -0.39 is 0 Å². The predicted octanol–water partition coefficient (Wildman–Crippen LogP) is 2.06. The molecule has 0 saturated heterocycles. The Morgan fingerprint density at radius 3 is 2.40 bits per heavy atom. The van der Waals surface area contributed by atoms with Gasteiger partial charge in [0, 0.05) is 0 Å². The zero-order valence-electron chi connectivity index (χ0n) is 6.16. The van der Waals surface area contributed by atoms with Crippen LogP contribution in [-0.2, 0) is 0 Å². The number of aliphatic hydroxyl groups excluding tert-OH is 1. The molecule has 0 fully saturated rings. The fourth-order valence-electron chi connectivity index (χ4n) is 0.577. The third-order valence-corrected chi connectivity index (χ3v) is 1.04. The summed E-state index contributed by atoms with van der Waals surface area (Å²) in [6, 6.07) is 0. The van der Waals surface area contributed by atoms with Crippen molar-refractivity contribution in [2.45, 2.75) is 12.8 Å². The molecule has 0 aromatic heterocycles. The van der Waals surface area contributed by atoms with Crippen molar-refractivity contribution in [2.75, 3.05) is 6.61 Å². The van der Waals surface area contributed by atoms with E-state index >= 15 is 0 Å². The molecule has 1 nitrogen and oxygen atoms in total. The van der Waals surface area contributed by atoms with Gasteiger partial charge in [0.25, 0.3) is 0 Å². The van der Waals surface area contributed by atoms with Gasteiger partial charge >= 0.3 is 0 Å². The highest BCUT2D eigenvalue weighted by molar-refractivity contribution is 4.98. The summed E-state index contributed by atoms with van der Waals surface area (Å²) in [5.41, 5.74) is 0. The molecule has 0 aromatic rings. The summed E-state index contributed by atoms with van der Waals surface area (Å²) >= 11 is 0. The third-order valence-electron chi connectivity index (χ3n) is 1.04. The summed E-state index contributed by atoms with van der Waals surface area (Å²) in [7, 11) is 0. The highest BCUT2D eigenvalue weighted by atomic mass is 16.2. The van der Waals surface area contributed by atoms with Crippen molar-refractivity contribution in [3.05, 3.63) is 37.0 Å². The summed E-state index contributed by atoms with van der Waals surface area (Å²) < 4.78 is 0. The molecule has 0 amide bonds. The van der Waals surface area contributed by atoms with Gasteiger partial charge in [0.15, 0.2) is 0 Å². The van der Waals surface area contributed by atoms with E-state index in [2.05, 4.69) is 12.7 Å². The van der Waals surface area contributed by atoms with E-state index in [0.29, 0.717) is 0 Å². The third kappa shape index (κ3) is 7.18. The first-order valence-electron chi connectivity index (χ1n) is 3.45. The maximum Gasteiger partial charge on any atom is 0.0612 e. The van der Waals surface area contributed by atoms with Gasteiger partial charge < -0.3 is 5.11 Å². The Kier molecular flexibility index (Phi) is 7.51. The van der Waals surface area contributed by atoms with E-state index in [9.17, 15) is 0 Å². The lowest BCUT2D eigenvalue weighted by molar-refractivity contribution is 0.342. The first kappa shape index (κ1) is 9.18. The van der Waals surface area contributed by atoms with E-state index in [1.807, 2.05) is 12.2 Å². The Labute approximate surface area is 62.4 Å². The van der Waals surface area contributed by atoms with Crippen molar-refractivity contribution >= 4 is 0 Å². The second kappa shape index (κ2) is 8.18. The molecule has 0 aliphatic heterocycles. The average molecular weight is 138 g/mol. The van der Waals surface area contributed by atoms with Crippen LogP contribution in [0.4, 0.5) is 0 Å². The van der Waals surface area contributed by atoms with E-state index in [4.69, 9.17) is 5.11 Å². The monoisotopic (exact) mass is 138 g/mol. The van der Waals surface area contributed by atoms with Crippen LogP contribution in [-0.4, -0.2) is 11.7 Å². The van der Waals surface area contributed by atoms with Gasteiger partial charge in [-0.1, -0.05) is 37.0 Å². The van der Waals surface area contributed by atoms with Crippen LogP contribution in [0.3, 0.4) is 0 Å². The number of hydrogen-bond acceptors (Lipinski definition) is 1. The van der Waals surface area contributed by atoms with Crippen LogP contribution in [0.15, 0.2) is 37.0 Å². The minimum Gasteiger partial charge on any atom is -0.392 e. The number of rotatable bonds is 5. The van der Waals surface area contributed by atoms with Crippen LogP contribution in [0.25, 0.3) is 0 Å². The van der Waals surface area contributed by atoms with Gasteiger partial charge in [-0.05, 0) is 12.8 Å². The van der Waals surface area contributed by atoms with Gasteiger partial charge in [0.05, 0.1) is 6.61 Å². The van der Waals surface area contributed by atoms with Crippen molar-refractivity contribution < 1.29 is 5.11 Å². The smallest absolute Gasteiger partial charge is 0.0612 e. The van der Waals surface area contributed by atoms with E-state index in [-0.39, 0.29) is 6.61 Å². The van der Waals surface area contributed by atoms with E-state index in [1.165, 1.54) is 0 Å². The molecule has 0 aliphatic carbocycles. The first-order valence-corrected chi connectivity index (χ1v) is 3.45. The van der Waals surface area contributed by atoms with Gasteiger partial charge in [0.2, 0.25) is 0 Å². The lowest BCUT2D eigenvalue weighted by atomic mass is 10.2. The summed E-state index contributed by atoms with van der Waals surface area (Å²) in [5.74, 6) is 0. The quantitative estimate of drug-likeness (QED) is 0.350. The molecule has 0 spiro atoms. The standard InChI is InChI=1S/C9H14O/c1-2-3-4-5-6-7-8-9-10/h2-4,7-8,10H,1,5-6,9H2/b4-3+,8-7+. The van der Waals surface area contributed by atoms with Gasteiger partial charge in [0.1, 0.15) is 0 Å². The molecular weight excluding hydrogens is 124 g/mol. The highest BCUT2D eigenvalue weighted by Gasteiger charge is 1.73. The topological polar surface area (TPSA) is 20.2 Å². The molecule has 0 heterocycles. The normalized spacial score (nSPS) is 11.3. The molecule has 0 rings (SSSR count). The summed E-state index contributed by atoms with van der Waals surface area (Å²) in [5, 5.41) is 8.35. The lowest BCUT2D eigenvalue weighted by Gasteiger charge is -1.83. The summed E-state index contributed by atoms with van der Waals surface area (Å²) in [6.07, 6.45) is 11.5. The second-order valence-corrected chi connectivity index (χ2v) is 1.90. The Morgan fingerprint density at radius 1 is 1.10 bits per heavy atom. The SMILES string of the molecule is C=C/C=C/CC/C=C/CO. The molecule has 56 valence electrons. The molecule has 0 atom stereocenters. The number of aliphatic hydroxyl groups is 1. The van der Waals surface area contributed by atoms with Gasteiger partial charge in [-0.2, -0.15) is 0 Å². The van der Waals surface area contributed by atoms with Gasteiger partial charge in [-0.3, -0.25) is 0 Å². The lowest BCUT2D eigenvalue weighted by Crippen LogP contribution is -1.70. The predicted molar refractivity (Wildman–Crippen MR) is 44.8 cm³/mol. The molecule has 0 aliphatic rings. The molecule has 0 saturated carbocycles. The van der Waals surface area contributed by atoms with Crippen molar-refractivity contribution in [1.29, 1.82) is 0 Å². The zero-order chi connectivity index (χ0) is 7.66. The highest BCUT2D eigenvalue weighted by Crippen LogP contribution is 1.91. The maximum absolute atomic E-state index is 8.35. The molecule has 0 unspecified atom stereocenters. The second-order valence-electron chi connectivity index (χ2n) is 1.90. The number of unbranched alkanes of at least 4 members (excludes halogenated alkanes) is 1. The minimum absolute atomic E-state index is 0.144. The van der Waals surface area contributed by atoms with Crippen LogP contribution in [0.5, 0.6) is 0 Å². The Bertz CT molecular complexity index is 123. The van der Waals surface area contributed by atoms with Crippen LogP contribution in [0.2, 0.25) is 0 Å². The molecule has 0 aromatic carbocycles. The molecule has 1 N–H and O–H groups in total. The van der Waals surface area contributed by atoms with Crippen LogP contribution in [0, 0.1) is 0 Å². The molecule has 0 radical (unpaired) electrons.